The summed E-state index contributed by atoms with van der Waals surface area (Å²) in [6, 6.07) is 6.73. The van der Waals surface area contributed by atoms with Crippen molar-refractivity contribution in [2.75, 3.05) is 23.9 Å². The minimum atomic E-state index is -2.18. The summed E-state index contributed by atoms with van der Waals surface area (Å²) in [5, 5.41) is 11.9. The molecule has 8 nitrogen and oxygen atoms in total. The van der Waals surface area contributed by atoms with Crippen LogP contribution >= 0.6 is 0 Å². The first-order valence-corrected chi connectivity index (χ1v) is 9.90. The highest BCUT2D eigenvalue weighted by Crippen LogP contribution is 2.33. The smallest absolute Gasteiger partial charge is 0.317 e. The number of anilines is 1. The Labute approximate surface area is 160 Å². The maximum atomic E-state index is 12.4. The molecule has 0 saturated carbocycles. The van der Waals surface area contributed by atoms with Crippen LogP contribution in [-0.2, 0) is 16.1 Å². The minimum absolute atomic E-state index is 0.248. The molecule has 3 rings (SSSR count). The molecule has 1 aromatic carbocycles. The lowest BCUT2D eigenvalue weighted by Crippen LogP contribution is -2.47. The summed E-state index contributed by atoms with van der Waals surface area (Å²) in [6.45, 7) is 2.89. The van der Waals surface area contributed by atoms with Gasteiger partial charge in [-0.2, -0.15) is 0 Å². The van der Waals surface area contributed by atoms with Crippen molar-refractivity contribution in [3.63, 3.8) is 0 Å². The zero-order chi connectivity index (χ0) is 19.6. The van der Waals surface area contributed by atoms with E-state index in [0.717, 1.165) is 11.1 Å². The molecule has 27 heavy (non-hydrogen) atoms. The van der Waals surface area contributed by atoms with Crippen LogP contribution in [0, 0.1) is 5.92 Å². The van der Waals surface area contributed by atoms with E-state index in [2.05, 4.69) is 5.32 Å². The number of para-hydroxylation sites is 1. The van der Waals surface area contributed by atoms with Gasteiger partial charge in [-0.1, -0.05) is 18.2 Å². The first kappa shape index (κ1) is 19.4. The van der Waals surface area contributed by atoms with Crippen LogP contribution in [0.25, 0.3) is 6.08 Å². The van der Waals surface area contributed by atoms with Gasteiger partial charge in [0.25, 0.3) is 11.3 Å². The summed E-state index contributed by atoms with van der Waals surface area (Å²) < 4.78 is 22.9. The van der Waals surface area contributed by atoms with E-state index in [1.54, 1.807) is 11.0 Å². The Morgan fingerprint density at radius 2 is 1.93 bits per heavy atom. The van der Waals surface area contributed by atoms with Crippen molar-refractivity contribution in [2.24, 2.45) is 5.92 Å². The summed E-state index contributed by atoms with van der Waals surface area (Å²) >= 11 is -2.18. The van der Waals surface area contributed by atoms with Gasteiger partial charge in [-0.15, -0.1) is 0 Å². The SMILES string of the molecule is C[C@@H]1C(CNC(=O)N2CCC(C(=O)O)CC2)=Cc2ccccc2N1S(=O)O. The number of benzene rings is 1. The van der Waals surface area contributed by atoms with Gasteiger partial charge in [0.1, 0.15) is 0 Å². The predicted molar refractivity (Wildman–Crippen MR) is 102 cm³/mol. The van der Waals surface area contributed by atoms with Crippen molar-refractivity contribution in [1.29, 1.82) is 0 Å². The number of carbonyl (C=O) groups is 2. The molecule has 0 aromatic heterocycles. The molecule has 0 bridgehead atoms. The maximum absolute atomic E-state index is 12.4. The van der Waals surface area contributed by atoms with Gasteiger partial charge < -0.3 is 15.3 Å². The topological polar surface area (TPSA) is 110 Å². The van der Waals surface area contributed by atoms with E-state index in [1.165, 1.54) is 4.31 Å². The largest absolute Gasteiger partial charge is 0.481 e. The van der Waals surface area contributed by atoms with Crippen LogP contribution in [0.5, 0.6) is 0 Å². The summed E-state index contributed by atoms with van der Waals surface area (Å²) in [5.41, 5.74) is 2.33. The number of amides is 2. The van der Waals surface area contributed by atoms with Crippen molar-refractivity contribution in [2.45, 2.75) is 25.8 Å². The number of hydrogen-bond acceptors (Lipinski definition) is 3. The van der Waals surface area contributed by atoms with Crippen molar-refractivity contribution in [3.05, 3.63) is 35.4 Å². The van der Waals surface area contributed by atoms with E-state index in [4.69, 9.17) is 5.11 Å². The van der Waals surface area contributed by atoms with Gasteiger partial charge in [-0.25, -0.2) is 9.00 Å². The molecular weight excluding hydrogens is 370 g/mol. The average Bonchev–Trinajstić information content (AvgIpc) is 2.65. The third-order valence-electron chi connectivity index (χ3n) is 5.15. The molecule has 0 spiro atoms. The van der Waals surface area contributed by atoms with E-state index in [0.29, 0.717) is 31.6 Å². The molecule has 1 saturated heterocycles. The molecule has 3 N–H and O–H groups in total. The zero-order valence-electron chi connectivity index (χ0n) is 15.0. The predicted octanol–water partition coefficient (Wildman–Crippen LogP) is 1.92. The van der Waals surface area contributed by atoms with Crippen LogP contribution in [0.1, 0.15) is 25.3 Å². The second-order valence-corrected chi connectivity index (χ2v) is 7.62. The Morgan fingerprint density at radius 1 is 1.26 bits per heavy atom. The normalized spacial score (nSPS) is 21.3. The summed E-state index contributed by atoms with van der Waals surface area (Å²) in [4.78, 5) is 25.0. The van der Waals surface area contributed by atoms with Crippen molar-refractivity contribution in [3.8, 4) is 0 Å². The Hall–Kier alpha value is -2.39. The molecule has 1 fully saturated rings. The standard InChI is InChI=1S/C18H23N3O5S/c1-12-15(10-14-4-2-3-5-16(14)21(12)27(25)26)11-19-18(24)20-8-6-13(7-9-20)17(22)23/h2-5,10,12-13H,6-9,11H2,1H3,(H,19,24)(H,22,23)(H,25,26)/t12-/m1/s1. The van der Waals surface area contributed by atoms with Crippen molar-refractivity contribution >= 4 is 35.0 Å². The maximum Gasteiger partial charge on any atom is 0.317 e. The molecule has 0 radical (unpaired) electrons. The van der Waals surface area contributed by atoms with Gasteiger partial charge in [-0.3, -0.25) is 13.7 Å². The van der Waals surface area contributed by atoms with E-state index < -0.39 is 17.2 Å². The molecule has 2 aliphatic heterocycles. The second-order valence-electron chi connectivity index (χ2n) is 6.77. The molecule has 1 unspecified atom stereocenters. The molecule has 146 valence electrons. The molecule has 2 atom stereocenters. The monoisotopic (exact) mass is 393 g/mol. The number of rotatable bonds is 4. The molecule has 9 heteroatoms. The Balaban J connectivity index is 1.65. The minimum Gasteiger partial charge on any atom is -0.481 e. The van der Waals surface area contributed by atoms with E-state index in [9.17, 15) is 18.4 Å². The molecule has 2 amide bonds. The van der Waals surface area contributed by atoms with Gasteiger partial charge >= 0.3 is 12.0 Å². The van der Waals surface area contributed by atoms with E-state index in [-0.39, 0.29) is 24.5 Å². The fourth-order valence-corrected chi connectivity index (χ4v) is 4.27. The van der Waals surface area contributed by atoms with Crippen LogP contribution in [-0.4, -0.2) is 56.4 Å². The first-order chi connectivity index (χ1) is 12.9. The van der Waals surface area contributed by atoms with E-state index >= 15 is 0 Å². The number of urea groups is 1. The third kappa shape index (κ3) is 4.14. The first-order valence-electron chi connectivity index (χ1n) is 8.83. The second kappa shape index (κ2) is 8.10. The van der Waals surface area contributed by atoms with Crippen LogP contribution in [0.3, 0.4) is 0 Å². The molecule has 2 aliphatic rings. The average molecular weight is 393 g/mol. The Bertz CT molecular complexity index is 789. The highest BCUT2D eigenvalue weighted by atomic mass is 32.2. The van der Waals surface area contributed by atoms with Gasteiger partial charge in [0.15, 0.2) is 0 Å². The third-order valence-corrected chi connectivity index (χ3v) is 6.00. The summed E-state index contributed by atoms with van der Waals surface area (Å²) in [5.74, 6) is -1.20. The van der Waals surface area contributed by atoms with Gasteiger partial charge in [0.2, 0.25) is 0 Å². The number of hydrogen-bond donors (Lipinski definition) is 3. The van der Waals surface area contributed by atoms with Gasteiger partial charge in [-0.05, 0) is 43.0 Å². The molecule has 2 heterocycles. The number of nitrogens with one attached hydrogen (secondary N) is 1. The number of nitrogens with zero attached hydrogens (tertiary/aromatic N) is 2. The fraction of sp³-hybridized carbons (Fsp3) is 0.444. The van der Waals surface area contributed by atoms with Gasteiger partial charge in [0.05, 0.1) is 17.6 Å². The number of fused-ring (bicyclic) bond motifs is 1. The van der Waals surface area contributed by atoms with Crippen LogP contribution < -0.4 is 9.62 Å². The molecule has 1 aromatic rings. The highest BCUT2D eigenvalue weighted by molar-refractivity contribution is 7.80. The van der Waals surface area contributed by atoms with Crippen LogP contribution in [0.15, 0.2) is 29.8 Å². The number of aliphatic carboxylic acids is 1. The Kier molecular flexibility index (Phi) is 5.81. The lowest BCUT2D eigenvalue weighted by Gasteiger charge is -2.35. The number of carbonyl (C=O) groups excluding carboxylic acids is 1. The highest BCUT2D eigenvalue weighted by Gasteiger charge is 2.30. The van der Waals surface area contributed by atoms with Crippen molar-refractivity contribution < 1.29 is 23.5 Å². The molecule has 0 aliphatic carbocycles. The Morgan fingerprint density at radius 3 is 2.56 bits per heavy atom. The summed E-state index contributed by atoms with van der Waals surface area (Å²) in [7, 11) is 0. The van der Waals surface area contributed by atoms with Crippen LogP contribution in [0.2, 0.25) is 0 Å². The van der Waals surface area contributed by atoms with Gasteiger partial charge in [0, 0.05) is 19.6 Å². The zero-order valence-corrected chi connectivity index (χ0v) is 15.8. The lowest BCUT2D eigenvalue weighted by molar-refractivity contribution is -0.143. The van der Waals surface area contributed by atoms with Crippen LogP contribution in [0.4, 0.5) is 10.5 Å². The number of carboxylic acid groups (broad SMARTS) is 1. The number of piperidine rings is 1. The lowest BCUT2D eigenvalue weighted by atomic mass is 9.97. The molecular formula is C18H23N3O5S. The number of carboxylic acids is 1. The summed E-state index contributed by atoms with van der Waals surface area (Å²) in [6.07, 6.45) is 2.83. The van der Waals surface area contributed by atoms with Crippen molar-refractivity contribution in [1.82, 2.24) is 10.2 Å². The quantitative estimate of drug-likeness (QED) is 0.677. The number of likely N-dealkylation sites (tertiary alicyclic amines) is 1. The van der Waals surface area contributed by atoms with E-state index in [1.807, 2.05) is 31.2 Å². The fourth-order valence-electron chi connectivity index (χ4n) is 3.53.